The Hall–Kier alpha value is -0.130. The quantitative estimate of drug-likeness (QED) is 0.866. The van der Waals surface area contributed by atoms with Crippen molar-refractivity contribution in [3.63, 3.8) is 0 Å². The third kappa shape index (κ3) is 3.80. The summed E-state index contributed by atoms with van der Waals surface area (Å²) in [5, 5.41) is 3.34. The maximum atomic E-state index is 12.5. The Morgan fingerprint density at radius 3 is 2.24 bits per heavy atom. The van der Waals surface area contributed by atoms with Crippen LogP contribution in [-0.2, 0) is 10.0 Å². The van der Waals surface area contributed by atoms with Crippen molar-refractivity contribution in [2.75, 3.05) is 31.9 Å². The zero-order valence-corrected chi connectivity index (χ0v) is 14.0. The van der Waals surface area contributed by atoms with Gasteiger partial charge in [-0.1, -0.05) is 12.8 Å². The maximum absolute atomic E-state index is 12.5. The first-order valence-electron chi connectivity index (χ1n) is 8.78. The van der Waals surface area contributed by atoms with Crippen LogP contribution in [-0.4, -0.2) is 44.7 Å². The van der Waals surface area contributed by atoms with Gasteiger partial charge in [-0.3, -0.25) is 0 Å². The van der Waals surface area contributed by atoms with Crippen LogP contribution in [0.4, 0.5) is 0 Å². The first kappa shape index (κ1) is 15.8. The van der Waals surface area contributed by atoms with E-state index in [9.17, 15) is 8.42 Å². The highest BCUT2D eigenvalue weighted by Gasteiger charge is 2.39. The molecular weight excluding hydrogens is 284 g/mol. The van der Waals surface area contributed by atoms with E-state index in [2.05, 4.69) is 5.32 Å². The van der Waals surface area contributed by atoms with Crippen LogP contribution in [0.15, 0.2) is 0 Å². The lowest BCUT2D eigenvalue weighted by Gasteiger charge is -2.38. The van der Waals surface area contributed by atoms with Crippen molar-refractivity contribution in [2.45, 2.75) is 57.8 Å². The van der Waals surface area contributed by atoms with Gasteiger partial charge in [0.1, 0.15) is 0 Å². The number of nitrogens with one attached hydrogen (secondary N) is 1. The lowest BCUT2D eigenvalue weighted by atomic mass is 9.78. The molecule has 21 heavy (non-hydrogen) atoms. The van der Waals surface area contributed by atoms with E-state index >= 15 is 0 Å². The molecule has 3 aliphatic rings. The molecule has 2 saturated heterocycles. The number of sulfonamides is 1. The van der Waals surface area contributed by atoms with Gasteiger partial charge in [-0.05, 0) is 69.4 Å². The summed E-state index contributed by atoms with van der Waals surface area (Å²) >= 11 is 0. The van der Waals surface area contributed by atoms with Gasteiger partial charge < -0.3 is 5.32 Å². The van der Waals surface area contributed by atoms with Gasteiger partial charge in [0.15, 0.2) is 0 Å². The monoisotopic (exact) mass is 314 g/mol. The molecule has 0 aromatic heterocycles. The summed E-state index contributed by atoms with van der Waals surface area (Å²) in [6.07, 6.45) is 10.7. The van der Waals surface area contributed by atoms with E-state index in [4.69, 9.17) is 0 Å². The normalized spacial score (nSPS) is 28.2. The molecule has 4 nitrogen and oxygen atoms in total. The summed E-state index contributed by atoms with van der Waals surface area (Å²) in [4.78, 5) is 0. The molecule has 1 aliphatic carbocycles. The molecule has 0 aromatic rings. The van der Waals surface area contributed by atoms with E-state index in [1.807, 2.05) is 0 Å². The van der Waals surface area contributed by atoms with E-state index in [1.54, 1.807) is 4.31 Å². The molecule has 0 unspecified atom stereocenters. The van der Waals surface area contributed by atoms with Crippen molar-refractivity contribution >= 4 is 10.0 Å². The summed E-state index contributed by atoms with van der Waals surface area (Å²) < 4.78 is 26.9. The molecular formula is C16H30N2O2S. The van der Waals surface area contributed by atoms with Crippen molar-refractivity contribution in [2.24, 2.45) is 11.3 Å². The Labute approximate surface area is 129 Å². The van der Waals surface area contributed by atoms with Crippen LogP contribution < -0.4 is 5.32 Å². The second-order valence-corrected chi connectivity index (χ2v) is 9.49. The molecule has 1 spiro atoms. The summed E-state index contributed by atoms with van der Waals surface area (Å²) in [5.74, 6) is 0.969. The average Bonchev–Trinajstić information content (AvgIpc) is 2.95. The van der Waals surface area contributed by atoms with Crippen LogP contribution >= 0.6 is 0 Å². The van der Waals surface area contributed by atoms with Crippen LogP contribution in [0.3, 0.4) is 0 Å². The zero-order valence-electron chi connectivity index (χ0n) is 13.1. The Balaban J connectivity index is 1.48. The highest BCUT2D eigenvalue weighted by molar-refractivity contribution is 7.89. The van der Waals surface area contributed by atoms with Crippen LogP contribution in [0.2, 0.25) is 0 Å². The fourth-order valence-corrected chi connectivity index (χ4v) is 6.11. The standard InChI is InChI=1S/C16H30N2O2S/c19-21(20,14-5-15-3-10-17-11-4-15)18-12-8-16(9-13-18)6-1-2-7-16/h15,17H,1-14H2. The molecule has 122 valence electrons. The second kappa shape index (κ2) is 6.55. The van der Waals surface area contributed by atoms with E-state index in [0.717, 1.165) is 58.3 Å². The van der Waals surface area contributed by atoms with Crippen LogP contribution in [0.1, 0.15) is 57.8 Å². The summed E-state index contributed by atoms with van der Waals surface area (Å²) in [5.41, 5.74) is 0.501. The minimum Gasteiger partial charge on any atom is -0.317 e. The first-order chi connectivity index (χ1) is 10.1. The predicted octanol–water partition coefficient (Wildman–Crippen LogP) is 2.36. The molecule has 2 heterocycles. The van der Waals surface area contributed by atoms with Gasteiger partial charge in [0.25, 0.3) is 0 Å². The van der Waals surface area contributed by atoms with Crippen molar-refractivity contribution in [1.82, 2.24) is 9.62 Å². The lowest BCUT2D eigenvalue weighted by Crippen LogP contribution is -2.43. The maximum Gasteiger partial charge on any atom is 0.214 e. The van der Waals surface area contributed by atoms with Crippen LogP contribution in [0.25, 0.3) is 0 Å². The van der Waals surface area contributed by atoms with E-state index < -0.39 is 10.0 Å². The number of nitrogens with zero attached hydrogens (tertiary/aromatic N) is 1. The Morgan fingerprint density at radius 1 is 1.00 bits per heavy atom. The van der Waals surface area contributed by atoms with Gasteiger partial charge in [-0.2, -0.15) is 0 Å². The van der Waals surface area contributed by atoms with Crippen molar-refractivity contribution in [1.29, 1.82) is 0 Å². The fraction of sp³-hybridized carbons (Fsp3) is 1.00. The summed E-state index contributed by atoms with van der Waals surface area (Å²) in [6, 6.07) is 0. The SMILES string of the molecule is O=S(=O)(CCC1CCNCC1)N1CCC2(CCCC2)CC1. The van der Waals surface area contributed by atoms with Gasteiger partial charge in [-0.25, -0.2) is 12.7 Å². The molecule has 0 bridgehead atoms. The Morgan fingerprint density at radius 2 is 1.62 bits per heavy atom. The highest BCUT2D eigenvalue weighted by atomic mass is 32.2. The van der Waals surface area contributed by atoms with Crippen LogP contribution in [0.5, 0.6) is 0 Å². The molecule has 0 aromatic carbocycles. The third-order valence-electron chi connectivity index (χ3n) is 6.08. The second-order valence-electron chi connectivity index (χ2n) is 7.40. The number of hydrogen-bond donors (Lipinski definition) is 1. The molecule has 0 atom stereocenters. The molecule has 3 rings (SSSR count). The lowest BCUT2D eigenvalue weighted by molar-refractivity contribution is 0.160. The zero-order chi connectivity index (χ0) is 14.8. The number of piperidine rings is 2. The molecule has 0 amide bonds. The van der Waals surface area contributed by atoms with Gasteiger partial charge >= 0.3 is 0 Å². The molecule has 2 aliphatic heterocycles. The average molecular weight is 314 g/mol. The largest absolute Gasteiger partial charge is 0.317 e. The molecule has 5 heteroatoms. The van der Waals surface area contributed by atoms with Gasteiger partial charge in [0, 0.05) is 13.1 Å². The summed E-state index contributed by atoms with van der Waals surface area (Å²) in [6.45, 7) is 3.65. The molecule has 1 saturated carbocycles. The van der Waals surface area contributed by atoms with E-state index in [1.165, 1.54) is 25.7 Å². The summed E-state index contributed by atoms with van der Waals surface area (Å²) in [7, 11) is -3.02. The smallest absolute Gasteiger partial charge is 0.214 e. The molecule has 1 N–H and O–H groups in total. The minimum atomic E-state index is -3.02. The van der Waals surface area contributed by atoms with Gasteiger partial charge in [-0.15, -0.1) is 0 Å². The number of rotatable bonds is 4. The highest BCUT2D eigenvalue weighted by Crippen LogP contribution is 2.46. The van der Waals surface area contributed by atoms with Gasteiger partial charge in [0.2, 0.25) is 10.0 Å². The topological polar surface area (TPSA) is 49.4 Å². The fourth-order valence-electron chi connectivity index (χ4n) is 4.48. The Kier molecular flexibility index (Phi) is 4.91. The minimum absolute atomic E-state index is 0.366. The van der Waals surface area contributed by atoms with Crippen molar-refractivity contribution in [3.05, 3.63) is 0 Å². The molecule has 0 radical (unpaired) electrons. The van der Waals surface area contributed by atoms with E-state index in [0.29, 0.717) is 17.1 Å². The number of hydrogen-bond acceptors (Lipinski definition) is 3. The Bertz CT molecular complexity index is 427. The third-order valence-corrected chi connectivity index (χ3v) is 7.99. The van der Waals surface area contributed by atoms with Crippen molar-refractivity contribution in [3.8, 4) is 0 Å². The van der Waals surface area contributed by atoms with Crippen LogP contribution in [0, 0.1) is 11.3 Å². The van der Waals surface area contributed by atoms with E-state index in [-0.39, 0.29) is 0 Å². The predicted molar refractivity (Wildman–Crippen MR) is 85.7 cm³/mol. The first-order valence-corrected chi connectivity index (χ1v) is 10.4. The van der Waals surface area contributed by atoms with Gasteiger partial charge in [0.05, 0.1) is 5.75 Å². The van der Waals surface area contributed by atoms with Crippen molar-refractivity contribution < 1.29 is 8.42 Å². The molecule has 3 fully saturated rings.